The molecule has 1 saturated heterocycles. The van der Waals surface area contributed by atoms with E-state index < -0.39 is 0 Å². The summed E-state index contributed by atoms with van der Waals surface area (Å²) >= 11 is 0. The molecule has 0 radical (unpaired) electrons. The average molecular weight is 477 g/mol. The maximum atomic E-state index is 13.1. The van der Waals surface area contributed by atoms with Crippen LogP contribution in [0.1, 0.15) is 18.4 Å². The standard InChI is InChI=1S/C26H28N4O5/c1-32-19-5-6-21-20(13-19)24(17(14-27)15-28-21)30-9-7-16(8-10-30)26(31)29-18-11-22(33-2)25(35-4)23(12-18)34-3/h5-6,11-13,15-16H,7-10H2,1-4H3,(H,29,31). The van der Waals surface area contributed by atoms with Crippen molar-refractivity contribution in [3.63, 3.8) is 0 Å². The monoisotopic (exact) mass is 476 g/mol. The summed E-state index contributed by atoms with van der Waals surface area (Å²) in [6, 6.07) is 11.3. The van der Waals surface area contributed by atoms with Crippen molar-refractivity contribution in [1.82, 2.24) is 4.98 Å². The number of fused-ring (bicyclic) bond motifs is 1. The summed E-state index contributed by atoms with van der Waals surface area (Å²) in [5, 5.41) is 13.6. The summed E-state index contributed by atoms with van der Waals surface area (Å²) in [5.74, 6) is 1.88. The third-order valence-corrected chi connectivity index (χ3v) is 6.28. The SMILES string of the molecule is COc1ccc2ncc(C#N)c(N3CCC(C(=O)Nc4cc(OC)c(OC)c(OC)c4)CC3)c2c1. The third kappa shape index (κ3) is 4.73. The number of hydrogen-bond acceptors (Lipinski definition) is 8. The van der Waals surface area contributed by atoms with Gasteiger partial charge >= 0.3 is 0 Å². The first-order valence-corrected chi connectivity index (χ1v) is 11.3. The maximum absolute atomic E-state index is 13.1. The van der Waals surface area contributed by atoms with E-state index in [-0.39, 0.29) is 11.8 Å². The van der Waals surface area contributed by atoms with Crippen LogP contribution in [0.4, 0.5) is 11.4 Å². The van der Waals surface area contributed by atoms with Crippen molar-refractivity contribution in [3.05, 3.63) is 42.1 Å². The third-order valence-electron chi connectivity index (χ3n) is 6.28. The molecule has 1 amide bonds. The van der Waals surface area contributed by atoms with Crippen molar-refractivity contribution in [2.45, 2.75) is 12.8 Å². The maximum Gasteiger partial charge on any atom is 0.227 e. The number of ether oxygens (including phenoxy) is 4. The van der Waals surface area contributed by atoms with Crippen LogP contribution in [0.15, 0.2) is 36.5 Å². The average Bonchev–Trinajstić information content (AvgIpc) is 2.91. The molecule has 0 spiro atoms. The van der Waals surface area contributed by atoms with Crippen molar-refractivity contribution >= 4 is 28.2 Å². The highest BCUT2D eigenvalue weighted by Crippen LogP contribution is 2.40. The van der Waals surface area contributed by atoms with Gasteiger partial charge in [0, 0.05) is 48.4 Å². The van der Waals surface area contributed by atoms with Crippen molar-refractivity contribution < 1.29 is 23.7 Å². The molecule has 1 aliphatic heterocycles. The molecule has 9 nitrogen and oxygen atoms in total. The number of amides is 1. The van der Waals surface area contributed by atoms with E-state index in [1.165, 1.54) is 21.3 Å². The summed E-state index contributed by atoms with van der Waals surface area (Å²) in [6.45, 7) is 1.27. The van der Waals surface area contributed by atoms with Crippen molar-refractivity contribution in [3.8, 4) is 29.1 Å². The van der Waals surface area contributed by atoms with E-state index in [9.17, 15) is 10.1 Å². The Kier molecular flexibility index (Phi) is 7.11. The smallest absolute Gasteiger partial charge is 0.227 e. The summed E-state index contributed by atoms with van der Waals surface area (Å²) < 4.78 is 21.5. The second-order valence-corrected chi connectivity index (χ2v) is 8.18. The van der Waals surface area contributed by atoms with Crippen LogP contribution in [0.2, 0.25) is 0 Å². The van der Waals surface area contributed by atoms with Gasteiger partial charge in [0.05, 0.1) is 45.2 Å². The molecular weight excluding hydrogens is 448 g/mol. The predicted octanol–water partition coefficient (Wildman–Crippen LogP) is 4.00. The molecule has 182 valence electrons. The Hall–Kier alpha value is -4.19. The number of carbonyl (C=O) groups excluding carboxylic acids is 1. The molecule has 0 unspecified atom stereocenters. The van der Waals surface area contributed by atoms with Crippen molar-refractivity contribution in [2.24, 2.45) is 5.92 Å². The van der Waals surface area contributed by atoms with E-state index in [1.54, 1.807) is 25.4 Å². The number of aromatic nitrogens is 1. The molecule has 35 heavy (non-hydrogen) atoms. The van der Waals surface area contributed by atoms with Gasteiger partial charge in [-0.2, -0.15) is 5.26 Å². The number of nitriles is 1. The first kappa shape index (κ1) is 24.0. The number of piperidine rings is 1. The van der Waals surface area contributed by atoms with Crippen LogP contribution in [-0.4, -0.2) is 52.4 Å². The zero-order valence-corrected chi connectivity index (χ0v) is 20.3. The zero-order valence-electron chi connectivity index (χ0n) is 20.3. The number of rotatable bonds is 7. The van der Waals surface area contributed by atoms with Gasteiger partial charge in [0.15, 0.2) is 11.5 Å². The van der Waals surface area contributed by atoms with Crippen molar-refractivity contribution in [1.29, 1.82) is 5.26 Å². The highest BCUT2D eigenvalue weighted by atomic mass is 16.5. The normalized spacial score (nSPS) is 13.7. The van der Waals surface area contributed by atoms with E-state index in [4.69, 9.17) is 18.9 Å². The molecule has 0 atom stereocenters. The van der Waals surface area contributed by atoms with Gasteiger partial charge in [0.1, 0.15) is 11.8 Å². The molecule has 2 aromatic carbocycles. The minimum atomic E-state index is -0.168. The van der Waals surface area contributed by atoms with Crippen LogP contribution < -0.4 is 29.2 Å². The Morgan fingerprint density at radius 2 is 1.71 bits per heavy atom. The fourth-order valence-corrected chi connectivity index (χ4v) is 4.47. The molecule has 1 aliphatic rings. The second-order valence-electron chi connectivity index (χ2n) is 8.18. The lowest BCUT2D eigenvalue weighted by molar-refractivity contribution is -0.120. The van der Waals surface area contributed by atoms with Crippen LogP contribution in [0, 0.1) is 17.2 Å². The van der Waals surface area contributed by atoms with Gasteiger partial charge in [-0.05, 0) is 31.0 Å². The van der Waals surface area contributed by atoms with Gasteiger partial charge < -0.3 is 29.2 Å². The fourth-order valence-electron chi connectivity index (χ4n) is 4.47. The molecule has 9 heteroatoms. The van der Waals surface area contributed by atoms with E-state index in [1.807, 2.05) is 18.2 Å². The molecule has 4 rings (SSSR count). The number of nitrogens with one attached hydrogen (secondary N) is 1. The lowest BCUT2D eigenvalue weighted by Crippen LogP contribution is -2.38. The molecule has 2 heterocycles. The molecule has 3 aromatic rings. The lowest BCUT2D eigenvalue weighted by atomic mass is 9.94. The van der Waals surface area contributed by atoms with Crippen LogP contribution in [-0.2, 0) is 4.79 Å². The summed E-state index contributed by atoms with van der Waals surface area (Å²) in [4.78, 5) is 19.6. The van der Waals surface area contributed by atoms with Gasteiger partial charge in [-0.1, -0.05) is 0 Å². The predicted molar refractivity (Wildman–Crippen MR) is 133 cm³/mol. The van der Waals surface area contributed by atoms with E-state index in [0.29, 0.717) is 60.2 Å². The molecular formula is C26H28N4O5. The molecule has 0 aliphatic carbocycles. The van der Waals surface area contributed by atoms with Crippen LogP contribution in [0.5, 0.6) is 23.0 Å². The van der Waals surface area contributed by atoms with Gasteiger partial charge in [0.2, 0.25) is 11.7 Å². The quantitative estimate of drug-likeness (QED) is 0.546. The topological polar surface area (TPSA) is 106 Å². The number of pyridine rings is 1. The Labute approximate surface area is 204 Å². The molecule has 1 fully saturated rings. The summed E-state index contributed by atoms with van der Waals surface area (Å²) in [6.07, 6.45) is 2.90. The Morgan fingerprint density at radius 3 is 2.29 bits per heavy atom. The van der Waals surface area contributed by atoms with Gasteiger partial charge in [-0.3, -0.25) is 9.78 Å². The fraction of sp³-hybridized carbons (Fsp3) is 0.346. The minimum absolute atomic E-state index is 0.0688. The molecule has 0 saturated carbocycles. The van der Waals surface area contributed by atoms with E-state index in [2.05, 4.69) is 21.3 Å². The first-order chi connectivity index (χ1) is 17.0. The van der Waals surface area contributed by atoms with Crippen LogP contribution in [0.3, 0.4) is 0 Å². The molecule has 0 bridgehead atoms. The molecule has 1 N–H and O–H groups in total. The number of carbonyl (C=O) groups is 1. The van der Waals surface area contributed by atoms with Crippen LogP contribution in [0.25, 0.3) is 10.9 Å². The van der Waals surface area contributed by atoms with E-state index in [0.717, 1.165) is 16.6 Å². The minimum Gasteiger partial charge on any atom is -0.497 e. The largest absolute Gasteiger partial charge is 0.497 e. The van der Waals surface area contributed by atoms with Gasteiger partial charge in [-0.15, -0.1) is 0 Å². The van der Waals surface area contributed by atoms with Crippen LogP contribution >= 0.6 is 0 Å². The van der Waals surface area contributed by atoms with Crippen molar-refractivity contribution in [2.75, 3.05) is 51.7 Å². The molecule has 1 aromatic heterocycles. The van der Waals surface area contributed by atoms with E-state index >= 15 is 0 Å². The van der Waals surface area contributed by atoms with Gasteiger partial charge in [-0.25, -0.2) is 0 Å². The number of methoxy groups -OCH3 is 4. The number of nitrogens with zero attached hydrogens (tertiary/aromatic N) is 3. The highest BCUT2D eigenvalue weighted by Gasteiger charge is 2.28. The highest BCUT2D eigenvalue weighted by molar-refractivity contribution is 5.96. The first-order valence-electron chi connectivity index (χ1n) is 11.3. The Bertz CT molecular complexity index is 1250. The lowest BCUT2D eigenvalue weighted by Gasteiger charge is -2.34. The number of benzene rings is 2. The second kappa shape index (κ2) is 10.4. The number of anilines is 2. The summed E-state index contributed by atoms with van der Waals surface area (Å²) in [7, 11) is 6.21. The summed E-state index contributed by atoms with van der Waals surface area (Å²) in [5.41, 5.74) is 2.71. The van der Waals surface area contributed by atoms with Gasteiger partial charge in [0.25, 0.3) is 0 Å². The Balaban J connectivity index is 1.51. The Morgan fingerprint density at radius 1 is 1.03 bits per heavy atom. The zero-order chi connectivity index (χ0) is 24.9. The number of hydrogen-bond donors (Lipinski definition) is 1.